The van der Waals surface area contributed by atoms with Gasteiger partial charge in [0.05, 0.1) is 5.92 Å². The van der Waals surface area contributed by atoms with Crippen LogP contribution < -0.4 is 15.1 Å². The Kier molecular flexibility index (Phi) is 8.86. The summed E-state index contributed by atoms with van der Waals surface area (Å²) in [5.41, 5.74) is 0.0369. The lowest BCUT2D eigenvalue weighted by Crippen LogP contribution is -2.49. The molecule has 1 saturated heterocycles. The van der Waals surface area contributed by atoms with Crippen LogP contribution in [0.3, 0.4) is 0 Å². The van der Waals surface area contributed by atoms with E-state index in [-0.39, 0.29) is 43.1 Å². The first-order valence-corrected chi connectivity index (χ1v) is 13.0. The van der Waals surface area contributed by atoms with Crippen LogP contribution in [0.2, 0.25) is 0 Å². The molecule has 2 fully saturated rings. The van der Waals surface area contributed by atoms with Crippen LogP contribution in [-0.2, 0) is 6.18 Å². The van der Waals surface area contributed by atoms with Gasteiger partial charge in [0, 0.05) is 52.3 Å². The maximum atomic E-state index is 14.4. The highest BCUT2D eigenvalue weighted by molar-refractivity contribution is 5.51. The minimum absolute atomic E-state index is 0.0220. The maximum absolute atomic E-state index is 14.4. The van der Waals surface area contributed by atoms with Gasteiger partial charge in [-0.25, -0.2) is 18.7 Å². The van der Waals surface area contributed by atoms with E-state index < -0.39 is 23.8 Å². The average molecular weight is 506 g/mol. The molecule has 5 nitrogen and oxygen atoms in total. The third-order valence-corrected chi connectivity index (χ3v) is 7.68. The molecule has 0 radical (unpaired) electrons. The zero-order valence-electron chi connectivity index (χ0n) is 21.4. The summed E-state index contributed by atoms with van der Waals surface area (Å²) >= 11 is 0. The van der Waals surface area contributed by atoms with Gasteiger partial charge in [0.15, 0.2) is 0 Å². The predicted octanol–water partition coefficient (Wildman–Crippen LogP) is 6.00. The van der Waals surface area contributed by atoms with E-state index in [0.717, 1.165) is 38.5 Å². The van der Waals surface area contributed by atoms with Gasteiger partial charge in [-0.1, -0.05) is 27.2 Å². The molecule has 0 amide bonds. The van der Waals surface area contributed by atoms with Gasteiger partial charge in [0.1, 0.15) is 11.6 Å². The Morgan fingerprint density at radius 1 is 1.09 bits per heavy atom. The summed E-state index contributed by atoms with van der Waals surface area (Å²) in [4.78, 5) is 11.1. The maximum Gasteiger partial charge on any atom is 0.451 e. The molecule has 1 aromatic rings. The van der Waals surface area contributed by atoms with Crippen LogP contribution >= 0.6 is 0 Å². The van der Waals surface area contributed by atoms with Crippen molar-refractivity contribution in [2.45, 2.75) is 77.8 Å². The predicted molar refractivity (Wildman–Crippen MR) is 129 cm³/mol. The van der Waals surface area contributed by atoms with E-state index in [1.54, 1.807) is 6.07 Å². The van der Waals surface area contributed by atoms with Gasteiger partial charge in [-0.3, -0.25) is 0 Å². The van der Waals surface area contributed by atoms with Crippen LogP contribution in [0.25, 0.3) is 0 Å². The number of alkyl halides is 5. The molecule has 1 aliphatic carbocycles. The van der Waals surface area contributed by atoms with Crippen molar-refractivity contribution >= 4 is 11.6 Å². The Balaban J connectivity index is 1.95. The first-order chi connectivity index (χ1) is 16.5. The second-order valence-corrected chi connectivity index (χ2v) is 10.4. The molecule has 3 rings (SSSR count). The summed E-state index contributed by atoms with van der Waals surface area (Å²) in [5, 5.41) is 2.96. The first kappa shape index (κ1) is 27.9. The highest BCUT2D eigenvalue weighted by Gasteiger charge is 2.45. The second-order valence-electron chi connectivity index (χ2n) is 10.4. The Bertz CT molecular complexity index is 829. The molecule has 200 valence electrons. The monoisotopic (exact) mass is 505 g/mol. The third kappa shape index (κ3) is 6.74. The van der Waals surface area contributed by atoms with E-state index in [1.807, 2.05) is 11.8 Å². The van der Waals surface area contributed by atoms with Crippen LogP contribution in [0.4, 0.5) is 33.6 Å². The van der Waals surface area contributed by atoms with Crippen molar-refractivity contribution in [3.8, 4) is 0 Å². The summed E-state index contributed by atoms with van der Waals surface area (Å²) in [6, 6.07) is 1.54. The SMILES string of the molecule is CCCN(CC(CC)(CCC)C1CC1)c1cc(N(C)CC2CNCCC2(F)F)nc(C(F)(F)F)n1. The fourth-order valence-electron chi connectivity index (χ4n) is 5.52. The minimum atomic E-state index is -4.73. The molecule has 2 atom stereocenters. The molecule has 2 heterocycles. The van der Waals surface area contributed by atoms with Gasteiger partial charge in [-0.05, 0) is 43.4 Å². The Hall–Kier alpha value is -1.71. The van der Waals surface area contributed by atoms with Crippen LogP contribution in [0, 0.1) is 17.3 Å². The number of nitrogens with one attached hydrogen (secondary N) is 1. The van der Waals surface area contributed by atoms with Crippen molar-refractivity contribution < 1.29 is 22.0 Å². The van der Waals surface area contributed by atoms with Gasteiger partial charge in [-0.15, -0.1) is 0 Å². The average Bonchev–Trinajstić information content (AvgIpc) is 3.64. The molecule has 1 aliphatic heterocycles. The van der Waals surface area contributed by atoms with Crippen LogP contribution in [0.15, 0.2) is 6.07 Å². The third-order valence-electron chi connectivity index (χ3n) is 7.68. The highest BCUT2D eigenvalue weighted by atomic mass is 19.4. The molecule has 10 heteroatoms. The Morgan fingerprint density at radius 3 is 2.31 bits per heavy atom. The number of hydrogen-bond donors (Lipinski definition) is 1. The van der Waals surface area contributed by atoms with Crippen LogP contribution in [-0.4, -0.2) is 55.7 Å². The lowest BCUT2D eigenvalue weighted by molar-refractivity contribution is -0.144. The molecule has 0 spiro atoms. The number of hydrogen-bond acceptors (Lipinski definition) is 5. The first-order valence-electron chi connectivity index (χ1n) is 13.0. The standard InChI is InChI=1S/C25H40F5N5/c1-5-10-23(7-3,18-8-9-18)17-35(13-6-2)21-14-20(32-22(33-21)25(28,29)30)34(4)16-19-15-31-12-11-24(19,26)27/h14,18-19,31H,5-13,15-17H2,1-4H3. The number of halogens is 5. The van der Waals surface area contributed by atoms with Crippen LogP contribution in [0.5, 0.6) is 0 Å². The lowest BCUT2D eigenvalue weighted by Gasteiger charge is -2.39. The molecule has 1 aromatic heterocycles. The van der Waals surface area contributed by atoms with Crippen molar-refractivity contribution in [1.29, 1.82) is 0 Å². The molecule has 1 N–H and O–H groups in total. The van der Waals surface area contributed by atoms with E-state index in [2.05, 4.69) is 29.1 Å². The Labute approximate surface area is 205 Å². The minimum Gasteiger partial charge on any atom is -0.359 e. The van der Waals surface area contributed by atoms with Crippen molar-refractivity contribution in [3.05, 3.63) is 11.9 Å². The van der Waals surface area contributed by atoms with Gasteiger partial charge < -0.3 is 15.1 Å². The molecule has 2 aliphatic rings. The number of aromatic nitrogens is 2. The van der Waals surface area contributed by atoms with Crippen molar-refractivity contribution in [2.24, 2.45) is 17.3 Å². The quantitative estimate of drug-likeness (QED) is 0.353. The molecular formula is C25H40F5N5. The summed E-state index contributed by atoms with van der Waals surface area (Å²) in [7, 11) is 1.53. The zero-order chi connectivity index (χ0) is 25.9. The van der Waals surface area contributed by atoms with Crippen molar-refractivity contribution in [1.82, 2.24) is 15.3 Å². The van der Waals surface area contributed by atoms with Crippen molar-refractivity contribution in [2.75, 3.05) is 49.6 Å². The molecular weight excluding hydrogens is 465 g/mol. The molecule has 1 saturated carbocycles. The number of rotatable bonds is 12. The lowest BCUT2D eigenvalue weighted by atomic mass is 9.75. The Morgan fingerprint density at radius 2 is 1.77 bits per heavy atom. The molecule has 0 bridgehead atoms. The molecule has 0 aromatic carbocycles. The van der Waals surface area contributed by atoms with Gasteiger partial charge in [0.2, 0.25) is 5.82 Å². The molecule has 2 unspecified atom stereocenters. The van der Waals surface area contributed by atoms with E-state index in [9.17, 15) is 22.0 Å². The highest BCUT2D eigenvalue weighted by Crippen LogP contribution is 2.51. The van der Waals surface area contributed by atoms with Crippen molar-refractivity contribution in [3.63, 3.8) is 0 Å². The second kappa shape index (κ2) is 11.1. The van der Waals surface area contributed by atoms with E-state index >= 15 is 0 Å². The fraction of sp³-hybridized carbons (Fsp3) is 0.840. The largest absolute Gasteiger partial charge is 0.451 e. The van der Waals surface area contributed by atoms with E-state index in [0.29, 0.717) is 19.0 Å². The summed E-state index contributed by atoms with van der Waals surface area (Å²) < 4.78 is 70.3. The number of nitrogens with zero attached hydrogens (tertiary/aromatic N) is 4. The summed E-state index contributed by atoms with van der Waals surface area (Å²) in [6.07, 6.45) is 1.04. The van der Waals surface area contributed by atoms with E-state index in [4.69, 9.17) is 0 Å². The topological polar surface area (TPSA) is 44.3 Å². The van der Waals surface area contributed by atoms with Gasteiger partial charge in [0.25, 0.3) is 5.92 Å². The fourth-order valence-corrected chi connectivity index (χ4v) is 5.52. The number of piperidine rings is 1. The zero-order valence-corrected chi connectivity index (χ0v) is 21.4. The van der Waals surface area contributed by atoms with Gasteiger partial charge in [-0.2, -0.15) is 13.2 Å². The van der Waals surface area contributed by atoms with Gasteiger partial charge >= 0.3 is 6.18 Å². The summed E-state index contributed by atoms with van der Waals surface area (Å²) in [6.45, 7) is 7.75. The van der Waals surface area contributed by atoms with E-state index in [1.165, 1.54) is 11.9 Å². The number of anilines is 2. The normalized spacial score (nSPS) is 22.0. The molecule has 35 heavy (non-hydrogen) atoms. The summed E-state index contributed by atoms with van der Waals surface area (Å²) in [5.74, 6) is -4.28. The van der Waals surface area contributed by atoms with Crippen LogP contribution in [0.1, 0.15) is 71.5 Å². The smallest absolute Gasteiger partial charge is 0.359 e.